The maximum atomic E-state index is 4.63. The van der Waals surface area contributed by atoms with Crippen LogP contribution in [0.4, 0.5) is 0 Å². The average Bonchev–Trinajstić information content (AvgIpc) is 3.01. The molecule has 0 aliphatic rings. The van der Waals surface area contributed by atoms with Gasteiger partial charge in [-0.05, 0) is 36.6 Å². The minimum atomic E-state index is 0.871. The first-order valence-corrected chi connectivity index (χ1v) is 6.42. The van der Waals surface area contributed by atoms with Crippen molar-refractivity contribution < 1.29 is 0 Å². The molecule has 0 unspecified atom stereocenters. The molecule has 0 amide bonds. The Kier molecular flexibility index (Phi) is 3.36. The molecule has 3 heteroatoms. The second kappa shape index (κ2) is 5.48. The molecule has 0 fully saturated rings. The molecule has 0 radical (unpaired) electrons. The van der Waals surface area contributed by atoms with E-state index in [9.17, 15) is 0 Å². The van der Waals surface area contributed by atoms with Crippen molar-refractivity contribution in [2.75, 3.05) is 0 Å². The Bertz CT molecular complexity index is 630. The second-order valence-corrected chi connectivity index (χ2v) is 4.42. The molecule has 0 bridgehead atoms. The molecule has 2 heterocycles. The van der Waals surface area contributed by atoms with E-state index in [4.69, 9.17) is 0 Å². The van der Waals surface area contributed by atoms with Gasteiger partial charge in [0.1, 0.15) is 0 Å². The molecule has 1 aromatic carbocycles. The fraction of sp³-hybridized carbons (Fsp3) is 0.125. The zero-order chi connectivity index (χ0) is 12.9. The molecular formula is C16H15N3. The Labute approximate surface area is 112 Å². The smallest absolute Gasteiger partial charge is 0.153 e. The van der Waals surface area contributed by atoms with Crippen molar-refractivity contribution in [2.24, 2.45) is 0 Å². The molecule has 3 rings (SSSR count). The molecule has 3 nitrogen and oxygen atoms in total. The van der Waals surface area contributed by atoms with Crippen LogP contribution in [0, 0.1) is 0 Å². The van der Waals surface area contributed by atoms with Gasteiger partial charge in [-0.2, -0.15) is 5.10 Å². The van der Waals surface area contributed by atoms with Crippen molar-refractivity contribution in [3.05, 3.63) is 78.2 Å². The number of hydrogen-bond acceptors (Lipinski definition) is 2. The van der Waals surface area contributed by atoms with Crippen LogP contribution in [0.2, 0.25) is 0 Å². The SMILES string of the molecule is c1ccc(CCc2cccc(-n3cccn3)n2)cc1. The van der Waals surface area contributed by atoms with Crippen LogP contribution in [0.25, 0.3) is 5.82 Å². The van der Waals surface area contributed by atoms with Crippen molar-refractivity contribution in [3.63, 3.8) is 0 Å². The predicted molar refractivity (Wildman–Crippen MR) is 75.2 cm³/mol. The largest absolute Gasteiger partial charge is 0.234 e. The summed E-state index contributed by atoms with van der Waals surface area (Å²) in [6, 6.07) is 18.5. The van der Waals surface area contributed by atoms with E-state index in [1.54, 1.807) is 10.9 Å². The number of aromatic nitrogens is 3. The number of benzene rings is 1. The van der Waals surface area contributed by atoms with Crippen LogP contribution in [-0.4, -0.2) is 14.8 Å². The topological polar surface area (TPSA) is 30.7 Å². The Morgan fingerprint density at radius 1 is 0.842 bits per heavy atom. The lowest BCUT2D eigenvalue weighted by Gasteiger charge is -2.04. The summed E-state index contributed by atoms with van der Waals surface area (Å²) in [5.41, 5.74) is 2.44. The van der Waals surface area contributed by atoms with E-state index in [2.05, 4.69) is 40.4 Å². The van der Waals surface area contributed by atoms with Crippen LogP contribution in [0.1, 0.15) is 11.3 Å². The number of nitrogens with zero attached hydrogens (tertiary/aromatic N) is 3. The van der Waals surface area contributed by atoms with E-state index in [-0.39, 0.29) is 0 Å². The van der Waals surface area contributed by atoms with Crippen molar-refractivity contribution in [3.8, 4) is 5.82 Å². The molecule has 0 spiro atoms. The minimum Gasteiger partial charge on any atom is -0.234 e. The third-order valence-electron chi connectivity index (χ3n) is 3.04. The first-order chi connectivity index (χ1) is 9.42. The third kappa shape index (κ3) is 2.88. The standard InChI is InChI=1S/C16H15N3/c1-2-6-14(7-3-1)10-11-15-8-4-9-16(18-15)19-13-5-12-17-19/h1-9,12-13H,10-11H2. The summed E-state index contributed by atoms with van der Waals surface area (Å²) in [6.07, 6.45) is 5.62. The molecular weight excluding hydrogens is 234 g/mol. The van der Waals surface area contributed by atoms with E-state index in [0.29, 0.717) is 0 Å². The maximum absolute atomic E-state index is 4.63. The number of pyridine rings is 1. The van der Waals surface area contributed by atoms with Gasteiger partial charge in [0, 0.05) is 18.1 Å². The molecule has 0 N–H and O–H groups in total. The summed E-state index contributed by atoms with van der Waals surface area (Å²) in [4.78, 5) is 4.63. The monoisotopic (exact) mass is 249 g/mol. The van der Waals surface area contributed by atoms with Crippen LogP contribution in [0.3, 0.4) is 0 Å². The highest BCUT2D eigenvalue weighted by Crippen LogP contribution is 2.08. The number of rotatable bonds is 4. The average molecular weight is 249 g/mol. The van der Waals surface area contributed by atoms with Gasteiger partial charge in [0.25, 0.3) is 0 Å². The van der Waals surface area contributed by atoms with E-state index in [1.165, 1.54) is 5.56 Å². The van der Waals surface area contributed by atoms with E-state index in [1.807, 2.05) is 30.5 Å². The predicted octanol–water partition coefficient (Wildman–Crippen LogP) is 3.05. The first kappa shape index (κ1) is 11.7. The Balaban J connectivity index is 1.74. The molecule has 0 atom stereocenters. The van der Waals surface area contributed by atoms with Gasteiger partial charge in [-0.15, -0.1) is 0 Å². The van der Waals surface area contributed by atoms with Gasteiger partial charge >= 0.3 is 0 Å². The summed E-state index contributed by atoms with van der Waals surface area (Å²) in [5.74, 6) is 0.871. The molecule has 3 aromatic rings. The zero-order valence-corrected chi connectivity index (χ0v) is 10.6. The molecule has 19 heavy (non-hydrogen) atoms. The van der Waals surface area contributed by atoms with E-state index in [0.717, 1.165) is 24.4 Å². The molecule has 0 aliphatic carbocycles. The van der Waals surface area contributed by atoms with Crippen LogP contribution in [0.5, 0.6) is 0 Å². The molecule has 0 aliphatic heterocycles. The molecule has 0 saturated carbocycles. The fourth-order valence-electron chi connectivity index (χ4n) is 2.06. The summed E-state index contributed by atoms with van der Waals surface area (Å²) in [7, 11) is 0. The first-order valence-electron chi connectivity index (χ1n) is 6.42. The lowest BCUT2D eigenvalue weighted by molar-refractivity contribution is 0.821. The highest BCUT2D eigenvalue weighted by molar-refractivity contribution is 5.24. The lowest BCUT2D eigenvalue weighted by atomic mass is 10.1. The Hall–Kier alpha value is -2.42. The fourth-order valence-corrected chi connectivity index (χ4v) is 2.06. The minimum absolute atomic E-state index is 0.871. The lowest BCUT2D eigenvalue weighted by Crippen LogP contribution is -2.01. The van der Waals surface area contributed by atoms with Gasteiger partial charge in [0.15, 0.2) is 5.82 Å². The molecule has 0 saturated heterocycles. The van der Waals surface area contributed by atoms with Gasteiger partial charge in [-0.25, -0.2) is 9.67 Å². The van der Waals surface area contributed by atoms with Gasteiger partial charge in [0.2, 0.25) is 0 Å². The van der Waals surface area contributed by atoms with Gasteiger partial charge < -0.3 is 0 Å². The summed E-state index contributed by atoms with van der Waals surface area (Å²) in [6.45, 7) is 0. The van der Waals surface area contributed by atoms with Crippen molar-refractivity contribution in [2.45, 2.75) is 12.8 Å². The van der Waals surface area contributed by atoms with Crippen LogP contribution < -0.4 is 0 Å². The quantitative estimate of drug-likeness (QED) is 0.711. The van der Waals surface area contributed by atoms with Crippen molar-refractivity contribution in [1.82, 2.24) is 14.8 Å². The highest BCUT2D eigenvalue weighted by atomic mass is 15.3. The van der Waals surface area contributed by atoms with Gasteiger partial charge in [-0.3, -0.25) is 0 Å². The van der Waals surface area contributed by atoms with Crippen LogP contribution in [-0.2, 0) is 12.8 Å². The number of aryl methyl sites for hydroxylation is 2. The van der Waals surface area contributed by atoms with E-state index < -0.39 is 0 Å². The number of hydrogen-bond donors (Lipinski definition) is 0. The molecule has 2 aromatic heterocycles. The Morgan fingerprint density at radius 3 is 2.53 bits per heavy atom. The van der Waals surface area contributed by atoms with Crippen LogP contribution >= 0.6 is 0 Å². The van der Waals surface area contributed by atoms with Crippen LogP contribution in [0.15, 0.2) is 67.0 Å². The molecule has 94 valence electrons. The van der Waals surface area contributed by atoms with Crippen molar-refractivity contribution in [1.29, 1.82) is 0 Å². The zero-order valence-electron chi connectivity index (χ0n) is 10.6. The summed E-state index contributed by atoms with van der Waals surface area (Å²) >= 11 is 0. The Morgan fingerprint density at radius 2 is 1.74 bits per heavy atom. The normalized spacial score (nSPS) is 10.5. The van der Waals surface area contributed by atoms with E-state index >= 15 is 0 Å². The van der Waals surface area contributed by atoms with Gasteiger partial charge in [-0.1, -0.05) is 36.4 Å². The summed E-state index contributed by atoms with van der Waals surface area (Å²) in [5, 5.41) is 4.20. The summed E-state index contributed by atoms with van der Waals surface area (Å²) < 4.78 is 1.78. The highest BCUT2D eigenvalue weighted by Gasteiger charge is 2.01. The third-order valence-corrected chi connectivity index (χ3v) is 3.04. The second-order valence-electron chi connectivity index (χ2n) is 4.42. The van der Waals surface area contributed by atoms with Crippen molar-refractivity contribution >= 4 is 0 Å². The maximum Gasteiger partial charge on any atom is 0.153 e. The van der Waals surface area contributed by atoms with Gasteiger partial charge in [0.05, 0.1) is 0 Å².